The molecule has 142 valence electrons. The first-order chi connectivity index (χ1) is 13.6. The number of carbonyl (C=O) groups is 4. The fourth-order valence-corrected chi connectivity index (χ4v) is 4.27. The molecule has 3 heterocycles. The third kappa shape index (κ3) is 2.38. The van der Waals surface area contributed by atoms with Crippen molar-refractivity contribution >= 4 is 34.4 Å². The Balaban J connectivity index is 1.53. The van der Waals surface area contributed by atoms with Crippen LogP contribution in [0.15, 0.2) is 24.3 Å². The van der Waals surface area contributed by atoms with Gasteiger partial charge in [0.25, 0.3) is 23.6 Å². The Morgan fingerprint density at radius 3 is 1.86 bits per heavy atom. The summed E-state index contributed by atoms with van der Waals surface area (Å²) in [6.45, 7) is 3.31. The molecule has 1 fully saturated rings. The SMILES string of the molecule is O=C1NC(=O)c2ccc3c4c(ccc1c24)C(=O)N(NCCN1CCCC1)C3=O. The van der Waals surface area contributed by atoms with E-state index in [-0.39, 0.29) is 0 Å². The maximum Gasteiger partial charge on any atom is 0.275 e. The molecule has 0 bridgehead atoms. The Bertz CT molecular complexity index is 1000. The smallest absolute Gasteiger partial charge is 0.275 e. The lowest BCUT2D eigenvalue weighted by molar-refractivity contribution is 0.0514. The first kappa shape index (κ1) is 17.0. The fraction of sp³-hybridized carbons (Fsp3) is 0.300. The van der Waals surface area contributed by atoms with Gasteiger partial charge in [0.2, 0.25) is 0 Å². The van der Waals surface area contributed by atoms with Gasteiger partial charge >= 0.3 is 0 Å². The van der Waals surface area contributed by atoms with Crippen LogP contribution in [0.5, 0.6) is 0 Å². The van der Waals surface area contributed by atoms with Crippen molar-refractivity contribution in [3.8, 4) is 0 Å². The molecule has 0 unspecified atom stereocenters. The lowest BCUT2D eigenvalue weighted by atomic mass is 9.87. The van der Waals surface area contributed by atoms with Crippen molar-refractivity contribution < 1.29 is 19.2 Å². The summed E-state index contributed by atoms with van der Waals surface area (Å²) in [7, 11) is 0. The van der Waals surface area contributed by atoms with Crippen LogP contribution in [0, 0.1) is 0 Å². The molecule has 0 spiro atoms. The second-order valence-corrected chi connectivity index (χ2v) is 7.26. The molecular formula is C20H18N4O4. The van der Waals surface area contributed by atoms with Crippen LogP contribution in [0.4, 0.5) is 0 Å². The van der Waals surface area contributed by atoms with Gasteiger partial charge in [-0.15, -0.1) is 0 Å². The number of amides is 4. The Kier molecular flexibility index (Phi) is 3.78. The van der Waals surface area contributed by atoms with E-state index >= 15 is 0 Å². The molecule has 0 atom stereocenters. The number of hydrogen-bond acceptors (Lipinski definition) is 6. The van der Waals surface area contributed by atoms with Crippen LogP contribution < -0.4 is 10.7 Å². The van der Waals surface area contributed by atoms with E-state index in [1.807, 2.05) is 0 Å². The van der Waals surface area contributed by atoms with Crippen LogP contribution in [0.1, 0.15) is 54.3 Å². The van der Waals surface area contributed by atoms with E-state index in [0.29, 0.717) is 39.6 Å². The molecule has 4 amide bonds. The van der Waals surface area contributed by atoms with Gasteiger partial charge in [-0.3, -0.25) is 24.5 Å². The third-order valence-electron chi connectivity index (χ3n) is 5.64. The number of nitrogens with zero attached hydrogens (tertiary/aromatic N) is 2. The molecule has 0 saturated carbocycles. The maximum absolute atomic E-state index is 13.0. The molecule has 0 aromatic heterocycles. The number of carbonyl (C=O) groups excluding carboxylic acids is 4. The van der Waals surface area contributed by atoms with Gasteiger partial charge in [-0.2, -0.15) is 0 Å². The number of rotatable bonds is 4. The van der Waals surface area contributed by atoms with Crippen LogP contribution in [0.25, 0.3) is 10.8 Å². The molecule has 3 aliphatic rings. The van der Waals surface area contributed by atoms with Crippen molar-refractivity contribution in [2.24, 2.45) is 0 Å². The number of nitrogens with one attached hydrogen (secondary N) is 2. The summed E-state index contributed by atoms with van der Waals surface area (Å²) in [6.07, 6.45) is 2.35. The lowest BCUT2D eigenvalue weighted by Crippen LogP contribution is -2.51. The first-order valence-electron chi connectivity index (χ1n) is 9.36. The zero-order chi connectivity index (χ0) is 19.4. The molecular weight excluding hydrogens is 360 g/mol. The van der Waals surface area contributed by atoms with Crippen LogP contribution in [-0.2, 0) is 0 Å². The summed E-state index contributed by atoms with van der Waals surface area (Å²) in [5.41, 5.74) is 4.17. The predicted molar refractivity (Wildman–Crippen MR) is 99.9 cm³/mol. The largest absolute Gasteiger partial charge is 0.302 e. The monoisotopic (exact) mass is 378 g/mol. The maximum atomic E-state index is 13.0. The molecule has 2 N–H and O–H groups in total. The van der Waals surface area contributed by atoms with Gasteiger partial charge in [-0.1, -0.05) is 0 Å². The van der Waals surface area contributed by atoms with Gasteiger partial charge in [0.15, 0.2) is 0 Å². The van der Waals surface area contributed by atoms with Crippen molar-refractivity contribution in [3.05, 3.63) is 46.5 Å². The topological polar surface area (TPSA) is 98.8 Å². The Morgan fingerprint density at radius 2 is 1.29 bits per heavy atom. The van der Waals surface area contributed by atoms with E-state index in [9.17, 15) is 19.2 Å². The summed E-state index contributed by atoms with van der Waals surface area (Å²) in [5, 5.41) is 4.08. The van der Waals surface area contributed by atoms with E-state index in [4.69, 9.17) is 0 Å². The summed E-state index contributed by atoms with van der Waals surface area (Å²) >= 11 is 0. The van der Waals surface area contributed by atoms with E-state index in [0.717, 1.165) is 24.6 Å². The Hall–Kier alpha value is -3.10. The second-order valence-electron chi connectivity index (χ2n) is 7.26. The standard InChI is InChI=1S/C20H18N4O4/c25-17-11-3-5-13-16-14(6-4-12(15(11)16)18(26)22-17)20(28)24(19(13)27)21-7-10-23-8-1-2-9-23/h3-6,21H,1-2,7-10H2,(H,22,25,26). The number of hydrogen-bond donors (Lipinski definition) is 2. The van der Waals surface area contributed by atoms with Gasteiger partial charge in [-0.05, 0) is 50.2 Å². The highest BCUT2D eigenvalue weighted by Gasteiger charge is 2.37. The average molecular weight is 378 g/mol. The summed E-state index contributed by atoms with van der Waals surface area (Å²) in [6, 6.07) is 6.15. The molecule has 28 heavy (non-hydrogen) atoms. The van der Waals surface area contributed by atoms with Crippen molar-refractivity contribution in [1.82, 2.24) is 20.7 Å². The molecule has 2 aromatic carbocycles. The highest BCUT2D eigenvalue weighted by atomic mass is 16.2. The van der Waals surface area contributed by atoms with Gasteiger partial charge in [-0.25, -0.2) is 10.4 Å². The lowest BCUT2D eigenvalue weighted by Gasteiger charge is -2.30. The molecule has 0 radical (unpaired) electrons. The van der Waals surface area contributed by atoms with Gasteiger partial charge in [0.1, 0.15) is 0 Å². The number of imide groups is 2. The molecule has 3 aliphatic heterocycles. The van der Waals surface area contributed by atoms with Crippen LogP contribution in [0.2, 0.25) is 0 Å². The molecule has 1 saturated heterocycles. The number of hydrazine groups is 1. The minimum absolute atomic E-state index is 0.297. The van der Waals surface area contributed by atoms with Gasteiger partial charge in [0, 0.05) is 35.0 Å². The third-order valence-corrected chi connectivity index (χ3v) is 5.64. The minimum Gasteiger partial charge on any atom is -0.302 e. The van der Waals surface area contributed by atoms with E-state index in [1.54, 1.807) is 12.1 Å². The highest BCUT2D eigenvalue weighted by molar-refractivity contribution is 6.33. The normalized spacial score (nSPS) is 18.9. The Morgan fingerprint density at radius 1 is 0.786 bits per heavy atom. The van der Waals surface area contributed by atoms with Crippen LogP contribution in [0.3, 0.4) is 0 Å². The van der Waals surface area contributed by atoms with E-state index in [2.05, 4.69) is 15.6 Å². The number of benzene rings is 2. The van der Waals surface area contributed by atoms with Gasteiger partial charge in [0.05, 0.1) is 11.1 Å². The number of likely N-dealkylation sites (tertiary alicyclic amines) is 1. The van der Waals surface area contributed by atoms with E-state index in [1.165, 1.54) is 25.0 Å². The molecule has 0 aliphatic carbocycles. The van der Waals surface area contributed by atoms with Gasteiger partial charge < -0.3 is 4.90 Å². The summed E-state index contributed by atoms with van der Waals surface area (Å²) in [5.74, 6) is -1.98. The van der Waals surface area contributed by atoms with E-state index < -0.39 is 23.6 Å². The molecule has 8 nitrogen and oxygen atoms in total. The zero-order valence-corrected chi connectivity index (χ0v) is 15.1. The van der Waals surface area contributed by atoms with Crippen LogP contribution >= 0.6 is 0 Å². The quantitative estimate of drug-likeness (QED) is 0.768. The van der Waals surface area contributed by atoms with Crippen molar-refractivity contribution in [2.75, 3.05) is 26.2 Å². The van der Waals surface area contributed by atoms with Crippen molar-refractivity contribution in [2.45, 2.75) is 12.8 Å². The average Bonchev–Trinajstić information content (AvgIpc) is 3.20. The second kappa shape index (κ2) is 6.22. The Labute approximate surface area is 160 Å². The van der Waals surface area contributed by atoms with Crippen molar-refractivity contribution in [1.29, 1.82) is 0 Å². The molecule has 2 aromatic rings. The summed E-state index contributed by atoms with van der Waals surface area (Å²) < 4.78 is 0. The predicted octanol–water partition coefficient (Wildman–Crippen LogP) is 0.920. The fourth-order valence-electron chi connectivity index (χ4n) is 4.27. The first-order valence-corrected chi connectivity index (χ1v) is 9.36. The summed E-state index contributed by atoms with van der Waals surface area (Å²) in [4.78, 5) is 52.6. The molecule has 5 rings (SSSR count). The highest BCUT2D eigenvalue weighted by Crippen LogP contribution is 2.35. The van der Waals surface area contributed by atoms with Crippen LogP contribution in [-0.4, -0.2) is 59.7 Å². The zero-order valence-electron chi connectivity index (χ0n) is 15.1. The minimum atomic E-state index is -0.521. The molecule has 8 heteroatoms. The van der Waals surface area contributed by atoms with Crippen molar-refractivity contribution in [3.63, 3.8) is 0 Å².